The van der Waals surface area contributed by atoms with Gasteiger partial charge in [-0.3, -0.25) is 9.59 Å². The molecule has 2 saturated heterocycles. The summed E-state index contributed by atoms with van der Waals surface area (Å²) < 4.78 is 5.32. The molecule has 0 bridgehead atoms. The normalized spacial score (nSPS) is 24.1. The highest BCUT2D eigenvalue weighted by molar-refractivity contribution is 7.08. The Morgan fingerprint density at radius 3 is 3.04 bits per heavy atom. The number of hydrogen-bond acceptors (Lipinski definition) is 4. The summed E-state index contributed by atoms with van der Waals surface area (Å²) in [6.45, 7) is 1.73. The fraction of sp³-hybridized carbons (Fsp3) is 0.444. The zero-order chi connectivity index (χ0) is 16.5. The minimum atomic E-state index is -0.230. The maximum absolute atomic E-state index is 13.0. The molecule has 0 radical (unpaired) electrons. The Hall–Kier alpha value is -2.08. The highest BCUT2D eigenvalue weighted by Crippen LogP contribution is 2.35. The van der Waals surface area contributed by atoms with Crippen LogP contribution in [0.3, 0.4) is 0 Å². The van der Waals surface area contributed by atoms with Gasteiger partial charge in [0, 0.05) is 19.5 Å². The zero-order valence-corrected chi connectivity index (χ0v) is 14.2. The summed E-state index contributed by atoms with van der Waals surface area (Å²) in [7, 11) is 0. The molecule has 2 amide bonds. The SMILES string of the molecule is O=C1C[C@@H](C(=O)N2CCC[C@H]2c2ccsc2)CN1Cc1ccco1. The van der Waals surface area contributed by atoms with Crippen LogP contribution in [0.2, 0.25) is 0 Å². The van der Waals surface area contributed by atoms with E-state index in [0.29, 0.717) is 19.5 Å². The van der Waals surface area contributed by atoms with Crippen molar-refractivity contribution in [2.45, 2.75) is 31.8 Å². The van der Waals surface area contributed by atoms with Gasteiger partial charge < -0.3 is 14.2 Å². The molecule has 24 heavy (non-hydrogen) atoms. The van der Waals surface area contributed by atoms with Crippen LogP contribution < -0.4 is 0 Å². The first-order chi connectivity index (χ1) is 11.7. The first kappa shape index (κ1) is 15.4. The van der Waals surface area contributed by atoms with E-state index in [-0.39, 0.29) is 23.8 Å². The van der Waals surface area contributed by atoms with Crippen LogP contribution in [0.5, 0.6) is 0 Å². The third kappa shape index (κ3) is 2.86. The quantitative estimate of drug-likeness (QED) is 0.856. The second-order valence-electron chi connectivity index (χ2n) is 6.50. The standard InChI is InChI=1S/C18H20N2O3S/c21-17-9-14(10-19(17)11-15-3-2-7-23-15)18(22)20-6-1-4-16(20)13-5-8-24-12-13/h2-3,5,7-8,12,14,16H,1,4,6,9-11H2/t14-,16+/m1/s1. The molecule has 2 aromatic heterocycles. The number of nitrogens with zero attached hydrogens (tertiary/aromatic N) is 2. The minimum absolute atomic E-state index is 0.0380. The third-order valence-corrected chi connectivity index (χ3v) is 5.66. The Labute approximate surface area is 144 Å². The third-order valence-electron chi connectivity index (χ3n) is 4.95. The summed E-state index contributed by atoms with van der Waals surface area (Å²) in [4.78, 5) is 28.9. The average Bonchev–Trinajstić information content (AvgIpc) is 3.36. The summed E-state index contributed by atoms with van der Waals surface area (Å²) in [5.41, 5.74) is 1.22. The van der Waals surface area contributed by atoms with Crippen LogP contribution in [0.4, 0.5) is 0 Å². The summed E-state index contributed by atoms with van der Waals surface area (Å²) in [6, 6.07) is 5.95. The lowest BCUT2D eigenvalue weighted by Crippen LogP contribution is -2.36. The lowest BCUT2D eigenvalue weighted by molar-refractivity contribution is -0.136. The van der Waals surface area contributed by atoms with Gasteiger partial charge in [0.15, 0.2) is 0 Å². The van der Waals surface area contributed by atoms with Crippen LogP contribution in [-0.2, 0) is 16.1 Å². The predicted molar refractivity (Wildman–Crippen MR) is 90.2 cm³/mol. The summed E-state index contributed by atoms with van der Waals surface area (Å²) in [5.74, 6) is 0.690. The summed E-state index contributed by atoms with van der Waals surface area (Å²) in [5, 5.41) is 4.18. The molecule has 0 N–H and O–H groups in total. The van der Waals surface area contributed by atoms with Crippen LogP contribution >= 0.6 is 11.3 Å². The van der Waals surface area contributed by atoms with E-state index in [9.17, 15) is 9.59 Å². The molecule has 2 atom stereocenters. The Balaban J connectivity index is 1.44. The molecule has 2 fully saturated rings. The van der Waals surface area contributed by atoms with E-state index in [0.717, 1.165) is 25.1 Å². The lowest BCUT2D eigenvalue weighted by atomic mass is 10.0. The molecule has 0 saturated carbocycles. The summed E-state index contributed by atoms with van der Waals surface area (Å²) >= 11 is 1.66. The molecule has 0 unspecified atom stereocenters. The van der Waals surface area contributed by atoms with Gasteiger partial charge in [-0.25, -0.2) is 0 Å². The van der Waals surface area contributed by atoms with Crippen molar-refractivity contribution < 1.29 is 14.0 Å². The Kier molecular flexibility index (Phi) is 4.14. The molecule has 2 aliphatic rings. The molecule has 126 valence electrons. The Morgan fingerprint density at radius 1 is 1.38 bits per heavy atom. The van der Waals surface area contributed by atoms with Crippen LogP contribution in [0.15, 0.2) is 39.6 Å². The number of rotatable bonds is 4. The average molecular weight is 344 g/mol. The molecule has 0 aliphatic carbocycles. The number of carbonyl (C=O) groups is 2. The van der Waals surface area contributed by atoms with E-state index in [2.05, 4.69) is 16.8 Å². The van der Waals surface area contributed by atoms with Gasteiger partial charge in [-0.1, -0.05) is 0 Å². The van der Waals surface area contributed by atoms with Gasteiger partial charge in [0.2, 0.25) is 11.8 Å². The van der Waals surface area contributed by atoms with Crippen molar-refractivity contribution >= 4 is 23.2 Å². The van der Waals surface area contributed by atoms with E-state index in [1.807, 2.05) is 17.0 Å². The fourth-order valence-corrected chi connectivity index (χ4v) is 4.46. The molecular weight excluding hydrogens is 324 g/mol. The van der Waals surface area contributed by atoms with Crippen molar-refractivity contribution in [2.24, 2.45) is 5.92 Å². The van der Waals surface area contributed by atoms with Gasteiger partial charge in [-0.2, -0.15) is 11.3 Å². The van der Waals surface area contributed by atoms with Crippen molar-refractivity contribution in [3.8, 4) is 0 Å². The number of likely N-dealkylation sites (tertiary alicyclic amines) is 2. The number of amides is 2. The molecule has 4 heterocycles. The van der Waals surface area contributed by atoms with Gasteiger partial charge in [-0.15, -0.1) is 0 Å². The van der Waals surface area contributed by atoms with Gasteiger partial charge in [0.25, 0.3) is 0 Å². The van der Waals surface area contributed by atoms with E-state index in [4.69, 9.17) is 4.42 Å². The molecule has 6 heteroatoms. The molecule has 0 spiro atoms. The Morgan fingerprint density at radius 2 is 2.29 bits per heavy atom. The number of hydrogen-bond donors (Lipinski definition) is 0. The lowest BCUT2D eigenvalue weighted by Gasteiger charge is -2.27. The monoisotopic (exact) mass is 344 g/mol. The van der Waals surface area contributed by atoms with Crippen LogP contribution in [0.1, 0.15) is 36.6 Å². The van der Waals surface area contributed by atoms with E-state index < -0.39 is 0 Å². The van der Waals surface area contributed by atoms with Crippen LogP contribution in [0.25, 0.3) is 0 Å². The molecule has 2 aliphatic heterocycles. The maximum Gasteiger partial charge on any atom is 0.228 e. The van der Waals surface area contributed by atoms with Gasteiger partial charge in [0.1, 0.15) is 5.76 Å². The number of thiophene rings is 1. The number of furan rings is 1. The Bertz CT molecular complexity index is 711. The van der Waals surface area contributed by atoms with Crippen molar-refractivity contribution in [2.75, 3.05) is 13.1 Å². The second-order valence-corrected chi connectivity index (χ2v) is 7.28. The van der Waals surface area contributed by atoms with Crippen molar-refractivity contribution in [1.29, 1.82) is 0 Å². The van der Waals surface area contributed by atoms with Crippen LogP contribution in [0, 0.1) is 5.92 Å². The van der Waals surface area contributed by atoms with Crippen molar-refractivity contribution in [3.05, 3.63) is 46.5 Å². The zero-order valence-electron chi connectivity index (χ0n) is 13.4. The van der Waals surface area contributed by atoms with Gasteiger partial charge in [0.05, 0.1) is 24.8 Å². The molecule has 2 aromatic rings. The first-order valence-corrected chi connectivity index (χ1v) is 9.29. The predicted octanol–water partition coefficient (Wildman–Crippen LogP) is 3.05. The van der Waals surface area contributed by atoms with Gasteiger partial charge >= 0.3 is 0 Å². The fourth-order valence-electron chi connectivity index (χ4n) is 3.76. The largest absolute Gasteiger partial charge is 0.467 e. The molecular formula is C18H20N2O3S. The topological polar surface area (TPSA) is 53.8 Å². The van der Waals surface area contributed by atoms with E-state index in [1.165, 1.54) is 5.56 Å². The van der Waals surface area contributed by atoms with Gasteiger partial charge in [-0.05, 0) is 47.4 Å². The van der Waals surface area contributed by atoms with Crippen LogP contribution in [-0.4, -0.2) is 34.7 Å². The molecule has 4 rings (SSSR count). The first-order valence-electron chi connectivity index (χ1n) is 8.35. The highest BCUT2D eigenvalue weighted by Gasteiger charge is 2.40. The molecule has 0 aromatic carbocycles. The highest BCUT2D eigenvalue weighted by atomic mass is 32.1. The second kappa shape index (κ2) is 6.43. The summed E-state index contributed by atoms with van der Waals surface area (Å²) in [6.07, 6.45) is 3.96. The number of carbonyl (C=O) groups excluding carboxylic acids is 2. The van der Waals surface area contributed by atoms with E-state index in [1.54, 1.807) is 22.5 Å². The minimum Gasteiger partial charge on any atom is -0.467 e. The van der Waals surface area contributed by atoms with Crippen molar-refractivity contribution in [3.63, 3.8) is 0 Å². The van der Waals surface area contributed by atoms with Crippen molar-refractivity contribution in [1.82, 2.24) is 9.80 Å². The maximum atomic E-state index is 13.0. The molecule has 5 nitrogen and oxygen atoms in total. The smallest absolute Gasteiger partial charge is 0.228 e. The van der Waals surface area contributed by atoms with E-state index >= 15 is 0 Å².